The topological polar surface area (TPSA) is 49.9 Å². The lowest BCUT2D eigenvalue weighted by Gasteiger charge is -1.96. The number of fused-ring (bicyclic) bond motifs is 1. The van der Waals surface area contributed by atoms with Gasteiger partial charge in [0.1, 0.15) is 0 Å². The van der Waals surface area contributed by atoms with Gasteiger partial charge in [-0.05, 0) is 36.8 Å². The molecule has 0 saturated carbocycles. The first-order chi connectivity index (χ1) is 8.65. The molecule has 3 aromatic rings. The van der Waals surface area contributed by atoms with E-state index < -0.39 is 0 Å². The highest BCUT2D eigenvalue weighted by molar-refractivity contribution is 7.17. The molecular weight excluding hydrogens is 266 g/mol. The van der Waals surface area contributed by atoms with Crippen molar-refractivity contribution in [2.24, 2.45) is 0 Å². The maximum Gasteiger partial charge on any atom is 0.265 e. The number of aromatic nitrogens is 1. The molecule has 0 unspecified atom stereocenters. The zero-order valence-electron chi connectivity index (χ0n) is 9.52. The smallest absolute Gasteiger partial charge is 0.265 e. The molecule has 0 aliphatic rings. The van der Waals surface area contributed by atoms with Crippen LogP contribution in [0.3, 0.4) is 0 Å². The number of Topliss-reactive ketones (excluding diaryl/α,β-unsaturated/α-hetero) is 1. The third kappa shape index (κ3) is 1.81. The number of aromatic amines is 1. The first kappa shape index (κ1) is 11.4. The molecule has 90 valence electrons. The predicted octanol–water partition coefficient (Wildman–Crippen LogP) is 3.52. The van der Waals surface area contributed by atoms with Crippen molar-refractivity contribution in [3.05, 3.63) is 45.6 Å². The molecule has 0 amide bonds. The van der Waals surface area contributed by atoms with Gasteiger partial charge in [-0.2, -0.15) is 0 Å². The normalized spacial score (nSPS) is 10.9. The zero-order chi connectivity index (χ0) is 12.7. The van der Waals surface area contributed by atoms with Crippen molar-refractivity contribution in [3.8, 4) is 10.4 Å². The lowest BCUT2D eigenvalue weighted by molar-refractivity contribution is 0.102. The van der Waals surface area contributed by atoms with Gasteiger partial charge < -0.3 is 0 Å². The summed E-state index contributed by atoms with van der Waals surface area (Å²) in [4.78, 5) is 24.6. The maximum absolute atomic E-state index is 11.6. The summed E-state index contributed by atoms with van der Waals surface area (Å²) < 4.78 is 3.67. The largest absolute Gasteiger partial charge is 0.294 e. The lowest BCUT2D eigenvalue weighted by atomic mass is 10.1. The number of nitrogens with one attached hydrogen (secondary N) is 1. The minimum absolute atomic E-state index is 0.0554. The summed E-state index contributed by atoms with van der Waals surface area (Å²) in [6, 6.07) is 9.52. The molecule has 3 nitrogen and oxygen atoms in total. The van der Waals surface area contributed by atoms with Crippen LogP contribution in [-0.2, 0) is 0 Å². The standard InChI is InChI=1S/C13H9NO2S2/c1-7(15)10-4-5-11(17-10)8-2-3-12-9(6-8)13(16)14-18-12/h2-6H,1H3,(H,14,16). The minimum Gasteiger partial charge on any atom is -0.294 e. The number of ketones is 1. The van der Waals surface area contributed by atoms with Crippen molar-refractivity contribution in [1.82, 2.24) is 4.37 Å². The highest BCUT2D eigenvalue weighted by atomic mass is 32.1. The first-order valence-corrected chi connectivity index (χ1v) is 7.01. The fraction of sp³-hybridized carbons (Fsp3) is 0.0769. The Labute approximate surface area is 111 Å². The second kappa shape index (κ2) is 4.19. The van der Waals surface area contributed by atoms with E-state index in [-0.39, 0.29) is 11.3 Å². The summed E-state index contributed by atoms with van der Waals surface area (Å²) in [5.41, 5.74) is 0.920. The van der Waals surface area contributed by atoms with Crippen LogP contribution >= 0.6 is 22.9 Å². The summed E-state index contributed by atoms with van der Waals surface area (Å²) in [5, 5.41) is 0.704. The van der Waals surface area contributed by atoms with E-state index in [1.54, 1.807) is 6.92 Å². The van der Waals surface area contributed by atoms with Crippen molar-refractivity contribution in [2.75, 3.05) is 0 Å². The van der Waals surface area contributed by atoms with Crippen LogP contribution in [0.1, 0.15) is 16.6 Å². The van der Waals surface area contributed by atoms with Gasteiger partial charge in [-0.15, -0.1) is 11.3 Å². The molecule has 0 radical (unpaired) electrons. The minimum atomic E-state index is -0.0554. The molecule has 2 aromatic heterocycles. The lowest BCUT2D eigenvalue weighted by Crippen LogP contribution is -1.95. The Morgan fingerprint density at radius 3 is 2.78 bits per heavy atom. The Bertz CT molecular complexity index is 795. The summed E-state index contributed by atoms with van der Waals surface area (Å²) in [7, 11) is 0. The van der Waals surface area contributed by atoms with Crippen molar-refractivity contribution in [1.29, 1.82) is 0 Å². The molecule has 0 aliphatic heterocycles. The zero-order valence-corrected chi connectivity index (χ0v) is 11.2. The molecule has 0 aliphatic carbocycles. The van der Waals surface area contributed by atoms with E-state index in [4.69, 9.17) is 0 Å². The number of carbonyl (C=O) groups is 1. The number of carbonyl (C=O) groups excluding carboxylic acids is 1. The molecular formula is C13H9NO2S2. The third-order valence-electron chi connectivity index (χ3n) is 2.72. The van der Waals surface area contributed by atoms with Gasteiger partial charge in [0.25, 0.3) is 5.56 Å². The van der Waals surface area contributed by atoms with E-state index in [1.807, 2.05) is 30.3 Å². The Balaban J connectivity index is 2.15. The molecule has 0 atom stereocenters. The molecule has 0 fully saturated rings. The fourth-order valence-electron chi connectivity index (χ4n) is 1.79. The van der Waals surface area contributed by atoms with Crippen molar-refractivity contribution < 1.29 is 4.79 Å². The Hall–Kier alpha value is -1.72. The number of thiophene rings is 1. The van der Waals surface area contributed by atoms with Crippen molar-refractivity contribution >= 4 is 38.7 Å². The summed E-state index contributed by atoms with van der Waals surface area (Å²) in [6.07, 6.45) is 0. The van der Waals surface area contributed by atoms with Gasteiger partial charge in [-0.3, -0.25) is 14.0 Å². The van der Waals surface area contributed by atoms with Crippen LogP contribution in [0.5, 0.6) is 0 Å². The highest BCUT2D eigenvalue weighted by Gasteiger charge is 2.08. The van der Waals surface area contributed by atoms with E-state index in [2.05, 4.69) is 4.37 Å². The van der Waals surface area contributed by atoms with Gasteiger partial charge in [-0.25, -0.2) is 0 Å². The molecule has 0 saturated heterocycles. The second-order valence-corrected chi connectivity index (χ2v) is 5.90. The van der Waals surface area contributed by atoms with Crippen LogP contribution in [0.25, 0.3) is 20.5 Å². The van der Waals surface area contributed by atoms with Crippen LogP contribution in [0.15, 0.2) is 35.1 Å². The number of rotatable bonds is 2. The SMILES string of the molecule is CC(=O)c1ccc(-c2ccc3s[nH]c(=O)c3c2)s1. The van der Waals surface area contributed by atoms with E-state index >= 15 is 0 Å². The summed E-state index contributed by atoms with van der Waals surface area (Å²) in [6.45, 7) is 1.56. The Morgan fingerprint density at radius 2 is 2.06 bits per heavy atom. The van der Waals surface area contributed by atoms with Crippen LogP contribution in [-0.4, -0.2) is 10.2 Å². The van der Waals surface area contributed by atoms with Gasteiger partial charge in [0.15, 0.2) is 5.78 Å². The van der Waals surface area contributed by atoms with Gasteiger partial charge in [0.2, 0.25) is 0 Å². The van der Waals surface area contributed by atoms with Crippen LogP contribution in [0.4, 0.5) is 0 Å². The molecule has 1 aromatic carbocycles. The van der Waals surface area contributed by atoms with Gasteiger partial charge in [0.05, 0.1) is 15.0 Å². The molecule has 1 N–H and O–H groups in total. The second-order valence-electron chi connectivity index (χ2n) is 3.96. The average Bonchev–Trinajstić information content (AvgIpc) is 2.96. The van der Waals surface area contributed by atoms with Crippen molar-refractivity contribution in [3.63, 3.8) is 0 Å². The third-order valence-corrected chi connectivity index (χ3v) is 4.81. The summed E-state index contributed by atoms with van der Waals surface area (Å²) in [5.74, 6) is 0.0701. The van der Waals surface area contributed by atoms with E-state index in [0.29, 0.717) is 5.39 Å². The molecule has 0 spiro atoms. The van der Waals surface area contributed by atoms with E-state index in [9.17, 15) is 9.59 Å². The Morgan fingerprint density at radius 1 is 1.22 bits per heavy atom. The highest BCUT2D eigenvalue weighted by Crippen LogP contribution is 2.30. The summed E-state index contributed by atoms with van der Waals surface area (Å²) >= 11 is 2.79. The number of benzene rings is 1. The molecule has 0 bridgehead atoms. The van der Waals surface area contributed by atoms with Crippen molar-refractivity contribution in [2.45, 2.75) is 6.92 Å². The van der Waals surface area contributed by atoms with E-state index in [1.165, 1.54) is 22.9 Å². The first-order valence-electron chi connectivity index (χ1n) is 5.37. The quantitative estimate of drug-likeness (QED) is 0.727. The molecule has 18 heavy (non-hydrogen) atoms. The van der Waals surface area contributed by atoms with Crippen LogP contribution in [0, 0.1) is 0 Å². The molecule has 2 heterocycles. The molecule has 5 heteroatoms. The van der Waals surface area contributed by atoms with E-state index in [0.717, 1.165) is 20.0 Å². The molecule has 3 rings (SSSR count). The number of hydrogen-bond donors (Lipinski definition) is 1. The average molecular weight is 275 g/mol. The predicted molar refractivity (Wildman–Crippen MR) is 75.8 cm³/mol. The number of hydrogen-bond acceptors (Lipinski definition) is 4. The number of H-pyrrole nitrogens is 1. The van der Waals surface area contributed by atoms with Crippen LogP contribution in [0.2, 0.25) is 0 Å². The Kier molecular flexibility index (Phi) is 2.65. The van der Waals surface area contributed by atoms with Gasteiger partial charge in [0, 0.05) is 4.88 Å². The van der Waals surface area contributed by atoms with Crippen LogP contribution < -0.4 is 5.56 Å². The van der Waals surface area contributed by atoms with Gasteiger partial charge in [-0.1, -0.05) is 17.6 Å². The monoisotopic (exact) mass is 275 g/mol. The fourth-order valence-corrected chi connectivity index (χ4v) is 3.40. The maximum atomic E-state index is 11.6. The van der Waals surface area contributed by atoms with Gasteiger partial charge >= 0.3 is 0 Å².